The molecule has 0 aliphatic rings. The van der Waals surface area contributed by atoms with E-state index in [2.05, 4.69) is 10.3 Å². The van der Waals surface area contributed by atoms with Crippen LogP contribution in [0.2, 0.25) is 0 Å². The van der Waals surface area contributed by atoms with Crippen LogP contribution in [-0.2, 0) is 11.3 Å². The van der Waals surface area contributed by atoms with Crippen LogP contribution in [0.5, 0.6) is 0 Å². The molecule has 0 aliphatic carbocycles. The maximum absolute atomic E-state index is 12.8. The first-order valence-corrected chi connectivity index (χ1v) is 9.35. The fourth-order valence-electron chi connectivity index (χ4n) is 2.34. The van der Waals surface area contributed by atoms with E-state index in [0.29, 0.717) is 23.2 Å². The highest BCUT2D eigenvalue weighted by atomic mass is 32.1. The number of nitrogens with one attached hydrogen (secondary N) is 1. The summed E-state index contributed by atoms with van der Waals surface area (Å²) in [5, 5.41) is 7.26. The van der Waals surface area contributed by atoms with E-state index >= 15 is 0 Å². The molecule has 0 radical (unpaired) electrons. The summed E-state index contributed by atoms with van der Waals surface area (Å²) in [6, 6.07) is 3.96. The molecule has 0 spiro atoms. The molecule has 3 N–H and O–H groups in total. The van der Waals surface area contributed by atoms with Crippen LogP contribution in [-0.4, -0.2) is 28.0 Å². The fraction of sp³-hybridized carbons (Fsp3) is 0.312. The van der Waals surface area contributed by atoms with Gasteiger partial charge in [-0.25, -0.2) is 4.98 Å². The minimum Gasteiger partial charge on any atom is -0.354 e. The van der Waals surface area contributed by atoms with Gasteiger partial charge in [0.2, 0.25) is 5.91 Å². The maximum Gasteiger partial charge on any atom is 0.263 e. The van der Waals surface area contributed by atoms with E-state index < -0.39 is 0 Å². The van der Waals surface area contributed by atoms with E-state index in [1.807, 2.05) is 29.8 Å². The molecule has 0 bridgehead atoms. The lowest BCUT2D eigenvalue weighted by Gasteiger charge is -2.08. The molecule has 1 amide bonds. The second-order valence-electron chi connectivity index (χ2n) is 5.60. The summed E-state index contributed by atoms with van der Waals surface area (Å²) in [5.41, 5.74) is 6.35. The molecule has 3 heterocycles. The highest BCUT2D eigenvalue weighted by Crippen LogP contribution is 2.33. The van der Waals surface area contributed by atoms with Crippen LogP contribution in [0.25, 0.3) is 20.7 Å². The smallest absolute Gasteiger partial charge is 0.263 e. The van der Waals surface area contributed by atoms with Crippen molar-refractivity contribution < 1.29 is 4.79 Å². The number of hydrogen-bond donors (Lipinski definition) is 2. The van der Waals surface area contributed by atoms with Crippen LogP contribution in [0.3, 0.4) is 0 Å². The number of carbonyl (C=O) groups is 1. The predicted molar refractivity (Wildman–Crippen MR) is 98.5 cm³/mol. The molecule has 3 aromatic rings. The molecule has 1 unspecified atom stereocenters. The Balaban J connectivity index is 1.85. The van der Waals surface area contributed by atoms with E-state index in [4.69, 9.17) is 5.73 Å². The van der Waals surface area contributed by atoms with Crippen molar-refractivity contribution in [3.63, 3.8) is 0 Å². The van der Waals surface area contributed by atoms with Gasteiger partial charge in [0.15, 0.2) is 0 Å². The Morgan fingerprint density at radius 1 is 1.46 bits per heavy atom. The number of nitrogens with two attached hydrogens (primary N) is 1. The third-order valence-electron chi connectivity index (χ3n) is 3.58. The molecular formula is C16H18N4O2S2. The summed E-state index contributed by atoms with van der Waals surface area (Å²) in [6.07, 6.45) is 2.13. The largest absolute Gasteiger partial charge is 0.354 e. The van der Waals surface area contributed by atoms with E-state index in [0.717, 1.165) is 10.4 Å². The Hall–Kier alpha value is -2.03. The van der Waals surface area contributed by atoms with Crippen LogP contribution in [0, 0.1) is 0 Å². The monoisotopic (exact) mass is 362 g/mol. The van der Waals surface area contributed by atoms with Gasteiger partial charge in [-0.15, -0.1) is 22.7 Å². The fourth-order valence-corrected chi connectivity index (χ4v) is 4.06. The minimum atomic E-state index is -0.216. The summed E-state index contributed by atoms with van der Waals surface area (Å²) in [4.78, 5) is 30.8. The number of rotatable bonds is 6. The summed E-state index contributed by atoms with van der Waals surface area (Å²) in [6.45, 7) is 2.34. The number of amides is 1. The third kappa shape index (κ3) is 3.55. The normalized spacial score (nSPS) is 12.4. The van der Waals surface area contributed by atoms with Gasteiger partial charge in [-0.3, -0.25) is 14.2 Å². The Morgan fingerprint density at radius 2 is 2.29 bits per heavy atom. The molecule has 6 nitrogen and oxygen atoms in total. The topological polar surface area (TPSA) is 90.0 Å². The molecule has 3 aromatic heterocycles. The van der Waals surface area contributed by atoms with Gasteiger partial charge in [0.25, 0.3) is 5.56 Å². The third-order valence-corrected chi connectivity index (χ3v) is 5.37. The van der Waals surface area contributed by atoms with E-state index in [1.165, 1.54) is 22.2 Å². The zero-order valence-corrected chi connectivity index (χ0v) is 14.8. The van der Waals surface area contributed by atoms with Crippen LogP contribution in [0.1, 0.15) is 13.3 Å². The molecule has 3 rings (SSSR count). The zero-order chi connectivity index (χ0) is 17.1. The summed E-state index contributed by atoms with van der Waals surface area (Å²) < 4.78 is 1.35. The second kappa shape index (κ2) is 7.25. The Kier molecular flexibility index (Phi) is 5.08. The summed E-state index contributed by atoms with van der Waals surface area (Å²) >= 11 is 3.02. The Labute approximate surface area is 147 Å². The first-order valence-electron chi connectivity index (χ1n) is 7.59. The van der Waals surface area contributed by atoms with E-state index in [-0.39, 0.29) is 24.1 Å². The number of aromatic nitrogens is 2. The van der Waals surface area contributed by atoms with Crippen molar-refractivity contribution in [1.82, 2.24) is 14.9 Å². The number of hydrogen-bond acceptors (Lipinski definition) is 6. The molecule has 0 fully saturated rings. The zero-order valence-electron chi connectivity index (χ0n) is 13.2. The van der Waals surface area contributed by atoms with Crippen molar-refractivity contribution in [3.8, 4) is 10.4 Å². The van der Waals surface area contributed by atoms with Gasteiger partial charge in [-0.1, -0.05) is 6.07 Å². The van der Waals surface area contributed by atoms with Crippen molar-refractivity contribution in [3.05, 3.63) is 39.6 Å². The second-order valence-corrected chi connectivity index (χ2v) is 7.41. The summed E-state index contributed by atoms with van der Waals surface area (Å²) in [5.74, 6) is -0.216. The van der Waals surface area contributed by atoms with Crippen molar-refractivity contribution in [2.45, 2.75) is 25.9 Å². The highest BCUT2D eigenvalue weighted by molar-refractivity contribution is 7.18. The SMILES string of the molecule is CC(N)CCNC(=O)Cn1cnc2scc(-c3cccs3)c2c1=O. The average molecular weight is 362 g/mol. The van der Waals surface area contributed by atoms with Gasteiger partial charge >= 0.3 is 0 Å². The lowest BCUT2D eigenvalue weighted by molar-refractivity contribution is -0.121. The molecule has 1 atom stereocenters. The van der Waals surface area contributed by atoms with Crippen LogP contribution in [0.4, 0.5) is 0 Å². The maximum atomic E-state index is 12.8. The molecule has 0 aliphatic heterocycles. The standard InChI is InChI=1S/C16H18N4O2S2/c1-10(17)4-5-18-13(21)7-20-9-19-15-14(16(20)22)11(8-24-15)12-3-2-6-23-12/h2-3,6,8-10H,4-5,7,17H2,1H3,(H,18,21). The minimum absolute atomic E-state index is 0.0326. The van der Waals surface area contributed by atoms with Gasteiger partial charge in [-0.05, 0) is 24.8 Å². The lowest BCUT2D eigenvalue weighted by atomic mass is 10.2. The Bertz CT molecular complexity index is 897. The van der Waals surface area contributed by atoms with Crippen molar-refractivity contribution >= 4 is 38.8 Å². The highest BCUT2D eigenvalue weighted by Gasteiger charge is 2.15. The number of fused-ring (bicyclic) bond motifs is 1. The van der Waals surface area contributed by atoms with Gasteiger partial charge in [0, 0.05) is 28.4 Å². The quantitative estimate of drug-likeness (QED) is 0.702. The molecule has 24 heavy (non-hydrogen) atoms. The molecule has 0 saturated heterocycles. The van der Waals surface area contributed by atoms with Crippen LogP contribution in [0.15, 0.2) is 34.0 Å². The first-order chi connectivity index (χ1) is 11.6. The van der Waals surface area contributed by atoms with Gasteiger partial charge < -0.3 is 11.1 Å². The van der Waals surface area contributed by atoms with Crippen LogP contribution < -0.4 is 16.6 Å². The molecule has 0 saturated carbocycles. The van der Waals surface area contributed by atoms with Crippen LogP contribution >= 0.6 is 22.7 Å². The van der Waals surface area contributed by atoms with E-state index in [1.54, 1.807) is 11.3 Å². The van der Waals surface area contributed by atoms with Gasteiger partial charge in [0.1, 0.15) is 11.4 Å². The van der Waals surface area contributed by atoms with Crippen molar-refractivity contribution in [2.24, 2.45) is 5.73 Å². The molecular weight excluding hydrogens is 344 g/mol. The molecule has 8 heteroatoms. The predicted octanol–water partition coefficient (Wildman–Crippen LogP) is 2.04. The van der Waals surface area contributed by atoms with Crippen molar-refractivity contribution in [2.75, 3.05) is 6.54 Å². The lowest BCUT2D eigenvalue weighted by Crippen LogP contribution is -2.34. The number of nitrogens with zero attached hydrogens (tertiary/aromatic N) is 2. The van der Waals surface area contributed by atoms with Gasteiger partial charge in [-0.2, -0.15) is 0 Å². The first kappa shape index (κ1) is 16.8. The molecule has 0 aromatic carbocycles. The van der Waals surface area contributed by atoms with Crippen molar-refractivity contribution in [1.29, 1.82) is 0 Å². The molecule has 126 valence electrons. The van der Waals surface area contributed by atoms with Gasteiger partial charge in [0.05, 0.1) is 11.7 Å². The average Bonchev–Trinajstić information content (AvgIpc) is 3.18. The van der Waals surface area contributed by atoms with E-state index in [9.17, 15) is 9.59 Å². The number of thiophene rings is 2. The Morgan fingerprint density at radius 3 is 3.00 bits per heavy atom. The summed E-state index contributed by atoms with van der Waals surface area (Å²) in [7, 11) is 0. The number of carbonyl (C=O) groups excluding carboxylic acids is 1.